The number of aromatic amines is 1. The molecule has 0 radical (unpaired) electrons. The molecule has 0 unspecified atom stereocenters. The van der Waals surface area contributed by atoms with Crippen molar-refractivity contribution >= 4 is 5.91 Å². The molecule has 0 saturated carbocycles. The van der Waals surface area contributed by atoms with Crippen molar-refractivity contribution in [3.8, 4) is 11.8 Å². The predicted molar refractivity (Wildman–Crippen MR) is 84.1 cm³/mol. The highest BCUT2D eigenvalue weighted by atomic mass is 16.3. The van der Waals surface area contributed by atoms with Gasteiger partial charge in [0.1, 0.15) is 5.60 Å². The van der Waals surface area contributed by atoms with Crippen LogP contribution >= 0.6 is 0 Å². The minimum Gasteiger partial charge on any atom is -0.378 e. The van der Waals surface area contributed by atoms with Crippen LogP contribution < -0.4 is 5.32 Å². The number of rotatable bonds is 3. The number of hydrogen-bond acceptors (Lipinski definition) is 3. The Balaban J connectivity index is 1.97. The van der Waals surface area contributed by atoms with Gasteiger partial charge in [-0.05, 0) is 51.1 Å². The maximum absolute atomic E-state index is 12.0. The third-order valence-corrected chi connectivity index (χ3v) is 2.85. The molecule has 0 atom stereocenters. The van der Waals surface area contributed by atoms with E-state index in [0.29, 0.717) is 12.1 Å². The Labute approximate surface area is 129 Å². The summed E-state index contributed by atoms with van der Waals surface area (Å²) in [4.78, 5) is 12.0. The third kappa shape index (κ3) is 4.76. The van der Waals surface area contributed by atoms with Crippen LogP contribution in [0.2, 0.25) is 0 Å². The zero-order valence-corrected chi connectivity index (χ0v) is 12.9. The summed E-state index contributed by atoms with van der Waals surface area (Å²) in [6, 6.07) is 8.81. The second kappa shape index (κ2) is 6.46. The molecule has 22 heavy (non-hydrogen) atoms. The van der Waals surface area contributed by atoms with E-state index in [2.05, 4.69) is 27.4 Å². The Bertz CT molecular complexity index is 713. The van der Waals surface area contributed by atoms with E-state index in [1.807, 2.05) is 13.0 Å². The molecule has 0 bridgehead atoms. The van der Waals surface area contributed by atoms with Gasteiger partial charge in [0.2, 0.25) is 0 Å². The lowest BCUT2D eigenvalue weighted by Crippen LogP contribution is -2.22. The van der Waals surface area contributed by atoms with E-state index in [1.165, 1.54) is 0 Å². The molecule has 0 saturated heterocycles. The van der Waals surface area contributed by atoms with E-state index >= 15 is 0 Å². The van der Waals surface area contributed by atoms with Crippen molar-refractivity contribution in [1.82, 2.24) is 15.5 Å². The number of nitrogens with zero attached hydrogens (tertiary/aromatic N) is 1. The van der Waals surface area contributed by atoms with Crippen molar-refractivity contribution < 1.29 is 9.90 Å². The zero-order valence-electron chi connectivity index (χ0n) is 12.9. The summed E-state index contributed by atoms with van der Waals surface area (Å²) in [6.45, 7) is 5.53. The van der Waals surface area contributed by atoms with E-state index in [0.717, 1.165) is 17.0 Å². The monoisotopic (exact) mass is 297 g/mol. The predicted octanol–water partition coefficient (Wildman–Crippen LogP) is 1.77. The first kappa shape index (κ1) is 15.8. The van der Waals surface area contributed by atoms with E-state index < -0.39 is 5.60 Å². The first-order valence-corrected chi connectivity index (χ1v) is 6.98. The van der Waals surface area contributed by atoms with Gasteiger partial charge in [0.05, 0.1) is 12.2 Å². The van der Waals surface area contributed by atoms with Crippen LogP contribution in [-0.4, -0.2) is 26.8 Å². The zero-order chi connectivity index (χ0) is 16.2. The lowest BCUT2D eigenvalue weighted by atomic mass is 10.1. The second-order valence-corrected chi connectivity index (χ2v) is 5.61. The van der Waals surface area contributed by atoms with Crippen LogP contribution in [0.15, 0.2) is 30.3 Å². The van der Waals surface area contributed by atoms with Gasteiger partial charge < -0.3 is 10.4 Å². The molecule has 0 aliphatic rings. The van der Waals surface area contributed by atoms with Gasteiger partial charge in [-0.2, -0.15) is 5.10 Å². The molecular weight excluding hydrogens is 278 g/mol. The number of nitrogens with one attached hydrogen (secondary N) is 2. The van der Waals surface area contributed by atoms with Gasteiger partial charge in [-0.15, -0.1) is 0 Å². The molecular formula is C17H19N3O2. The second-order valence-electron chi connectivity index (χ2n) is 5.61. The highest BCUT2D eigenvalue weighted by Gasteiger charge is 2.07. The molecule has 5 nitrogen and oxygen atoms in total. The first-order valence-electron chi connectivity index (χ1n) is 6.98. The number of aryl methyl sites for hydroxylation is 1. The lowest BCUT2D eigenvalue weighted by molar-refractivity contribution is 0.0950. The molecule has 114 valence electrons. The van der Waals surface area contributed by atoms with Crippen molar-refractivity contribution in [1.29, 1.82) is 0 Å². The Morgan fingerprint density at radius 1 is 1.36 bits per heavy atom. The summed E-state index contributed by atoms with van der Waals surface area (Å²) in [6.07, 6.45) is 0. The average molecular weight is 297 g/mol. The summed E-state index contributed by atoms with van der Waals surface area (Å²) in [5.74, 6) is 5.43. The maximum atomic E-state index is 12.0. The minimum absolute atomic E-state index is 0.164. The number of H-pyrrole nitrogens is 1. The maximum Gasteiger partial charge on any atom is 0.251 e. The topological polar surface area (TPSA) is 78.0 Å². The molecule has 1 amide bonds. The fourth-order valence-corrected chi connectivity index (χ4v) is 1.77. The Kier molecular flexibility index (Phi) is 4.64. The Morgan fingerprint density at radius 3 is 2.59 bits per heavy atom. The van der Waals surface area contributed by atoms with Crippen LogP contribution in [0.4, 0.5) is 0 Å². The van der Waals surface area contributed by atoms with Crippen LogP contribution in [0.5, 0.6) is 0 Å². The molecule has 1 heterocycles. The third-order valence-electron chi connectivity index (χ3n) is 2.85. The van der Waals surface area contributed by atoms with Crippen LogP contribution in [0, 0.1) is 18.8 Å². The van der Waals surface area contributed by atoms with E-state index in [4.69, 9.17) is 0 Å². The first-order chi connectivity index (χ1) is 10.3. The van der Waals surface area contributed by atoms with E-state index in [9.17, 15) is 9.90 Å². The molecule has 0 spiro atoms. The molecule has 0 aliphatic carbocycles. The number of hydrogen-bond donors (Lipinski definition) is 3. The normalized spacial score (nSPS) is 10.7. The van der Waals surface area contributed by atoms with Crippen LogP contribution in [-0.2, 0) is 6.54 Å². The van der Waals surface area contributed by atoms with Gasteiger partial charge in [0, 0.05) is 16.8 Å². The summed E-state index contributed by atoms with van der Waals surface area (Å²) in [5.41, 5.74) is 2.03. The van der Waals surface area contributed by atoms with Crippen molar-refractivity contribution in [2.24, 2.45) is 0 Å². The fourth-order valence-electron chi connectivity index (χ4n) is 1.77. The largest absolute Gasteiger partial charge is 0.378 e. The number of benzene rings is 1. The van der Waals surface area contributed by atoms with Crippen molar-refractivity contribution in [2.75, 3.05) is 0 Å². The van der Waals surface area contributed by atoms with Crippen molar-refractivity contribution in [3.05, 3.63) is 52.8 Å². The smallest absolute Gasteiger partial charge is 0.251 e. The number of aliphatic hydroxyl groups is 1. The van der Waals surface area contributed by atoms with Gasteiger partial charge in [-0.3, -0.25) is 9.89 Å². The molecule has 1 aromatic heterocycles. The van der Waals surface area contributed by atoms with Gasteiger partial charge in [-0.1, -0.05) is 11.8 Å². The van der Waals surface area contributed by atoms with Crippen molar-refractivity contribution in [2.45, 2.75) is 32.9 Å². The SMILES string of the molecule is Cc1cc(CNC(=O)c2ccc(C#CC(C)(C)O)cc2)n[nH]1. The summed E-state index contributed by atoms with van der Waals surface area (Å²) in [7, 11) is 0. The van der Waals surface area contributed by atoms with Gasteiger partial charge in [-0.25, -0.2) is 0 Å². The molecule has 1 aromatic carbocycles. The van der Waals surface area contributed by atoms with E-state index in [1.54, 1.807) is 38.1 Å². The highest BCUT2D eigenvalue weighted by molar-refractivity contribution is 5.94. The fraction of sp³-hybridized carbons (Fsp3) is 0.294. The number of carbonyl (C=O) groups excluding carboxylic acids is 1. The van der Waals surface area contributed by atoms with E-state index in [-0.39, 0.29) is 5.91 Å². The van der Waals surface area contributed by atoms with Crippen molar-refractivity contribution in [3.63, 3.8) is 0 Å². The summed E-state index contributed by atoms with van der Waals surface area (Å²) in [5, 5.41) is 19.3. The molecule has 2 rings (SSSR count). The Hall–Kier alpha value is -2.58. The van der Waals surface area contributed by atoms with Gasteiger partial charge >= 0.3 is 0 Å². The minimum atomic E-state index is -1.03. The van der Waals surface area contributed by atoms with Crippen LogP contribution in [0.1, 0.15) is 41.2 Å². The molecule has 3 N–H and O–H groups in total. The number of carbonyl (C=O) groups is 1. The molecule has 5 heteroatoms. The van der Waals surface area contributed by atoms with Gasteiger partial charge in [0.25, 0.3) is 5.91 Å². The highest BCUT2D eigenvalue weighted by Crippen LogP contribution is 2.05. The van der Waals surface area contributed by atoms with Crippen LogP contribution in [0.25, 0.3) is 0 Å². The lowest BCUT2D eigenvalue weighted by Gasteiger charge is -2.06. The Morgan fingerprint density at radius 2 is 2.05 bits per heavy atom. The summed E-state index contributed by atoms with van der Waals surface area (Å²) < 4.78 is 0. The quantitative estimate of drug-likeness (QED) is 0.756. The van der Waals surface area contributed by atoms with Crippen LogP contribution in [0.3, 0.4) is 0 Å². The average Bonchev–Trinajstić information content (AvgIpc) is 2.88. The van der Waals surface area contributed by atoms with Gasteiger partial charge in [0.15, 0.2) is 0 Å². The number of amides is 1. The molecule has 0 fully saturated rings. The molecule has 2 aromatic rings. The standard InChI is InChI=1S/C17H19N3O2/c1-12-10-15(20-19-12)11-18-16(21)14-6-4-13(5-7-14)8-9-17(2,3)22/h4-7,10,22H,11H2,1-3H3,(H,18,21)(H,19,20). The summed E-state index contributed by atoms with van der Waals surface area (Å²) >= 11 is 0. The molecule has 0 aliphatic heterocycles. The number of aromatic nitrogens is 2.